The molecule has 5 heteroatoms. The van der Waals surface area contributed by atoms with Gasteiger partial charge in [0.1, 0.15) is 12.6 Å². The van der Waals surface area contributed by atoms with E-state index in [2.05, 4.69) is 17.2 Å². The summed E-state index contributed by atoms with van der Waals surface area (Å²) in [6.45, 7) is 0. The molecule has 0 fully saturated rings. The zero-order valence-electron chi connectivity index (χ0n) is 14.8. The first-order valence-corrected chi connectivity index (χ1v) is 8.63. The van der Waals surface area contributed by atoms with E-state index in [-0.39, 0.29) is 5.91 Å². The first kappa shape index (κ1) is 16.8. The van der Waals surface area contributed by atoms with Crippen LogP contribution >= 0.6 is 0 Å². The van der Waals surface area contributed by atoms with Crippen molar-refractivity contribution in [3.63, 3.8) is 0 Å². The maximum atomic E-state index is 12.4. The van der Waals surface area contributed by atoms with Crippen molar-refractivity contribution in [2.24, 2.45) is 7.05 Å². The fraction of sp³-hybridized carbons (Fsp3) is 0.136. The molecule has 4 rings (SSSR count). The minimum atomic E-state index is -0.417. The van der Waals surface area contributed by atoms with Gasteiger partial charge in [-0.1, -0.05) is 11.8 Å². The van der Waals surface area contributed by atoms with Crippen LogP contribution in [-0.4, -0.2) is 5.91 Å². The van der Waals surface area contributed by atoms with Gasteiger partial charge in [0.25, 0.3) is 0 Å². The maximum Gasteiger partial charge on any atom is 0.343 e. The third-order valence-corrected chi connectivity index (χ3v) is 4.40. The predicted octanol–water partition coefficient (Wildman–Crippen LogP) is 2.87. The molecule has 0 bridgehead atoms. The Balaban J connectivity index is 1.80. The Labute approximate surface area is 156 Å². The summed E-state index contributed by atoms with van der Waals surface area (Å²) in [4.78, 5) is 24.2. The molecule has 1 aromatic carbocycles. The lowest BCUT2D eigenvalue weighted by atomic mass is 10.1. The summed E-state index contributed by atoms with van der Waals surface area (Å²) in [6.07, 6.45) is 6.41. The lowest BCUT2D eigenvalue weighted by Gasteiger charge is -2.10. The first-order valence-electron chi connectivity index (χ1n) is 8.63. The van der Waals surface area contributed by atoms with Crippen molar-refractivity contribution in [1.29, 1.82) is 0 Å². The molecule has 0 unspecified atom stereocenters. The van der Waals surface area contributed by atoms with Crippen LogP contribution in [0.4, 0.5) is 5.69 Å². The van der Waals surface area contributed by atoms with Crippen LogP contribution in [0.3, 0.4) is 0 Å². The van der Waals surface area contributed by atoms with E-state index in [0.29, 0.717) is 35.2 Å². The highest BCUT2D eigenvalue weighted by atomic mass is 16.4. The molecule has 3 heterocycles. The Morgan fingerprint density at radius 3 is 2.93 bits per heavy atom. The second-order valence-electron chi connectivity index (χ2n) is 6.34. The molecule has 1 aliphatic heterocycles. The van der Waals surface area contributed by atoms with Crippen LogP contribution < -0.4 is 15.5 Å². The lowest BCUT2D eigenvalue weighted by Crippen LogP contribution is -2.30. The Morgan fingerprint density at radius 1 is 1.19 bits per heavy atom. The maximum absolute atomic E-state index is 12.4. The molecule has 0 saturated carbocycles. The highest BCUT2D eigenvalue weighted by molar-refractivity contribution is 5.96. The molecule has 0 aliphatic carbocycles. The minimum Gasteiger partial charge on any atom is -0.422 e. The number of anilines is 1. The van der Waals surface area contributed by atoms with Crippen LogP contribution in [0.25, 0.3) is 23.1 Å². The van der Waals surface area contributed by atoms with Crippen molar-refractivity contribution in [3.8, 4) is 11.8 Å². The van der Waals surface area contributed by atoms with E-state index in [1.54, 1.807) is 24.3 Å². The Hall–Kier alpha value is -3.65. The highest BCUT2D eigenvalue weighted by Gasteiger charge is 2.12. The molecule has 5 nitrogen and oxygen atoms in total. The van der Waals surface area contributed by atoms with Gasteiger partial charge in [-0.05, 0) is 30.3 Å². The summed E-state index contributed by atoms with van der Waals surface area (Å²) in [5.74, 6) is 5.91. The van der Waals surface area contributed by atoms with Gasteiger partial charge in [-0.3, -0.25) is 4.79 Å². The third kappa shape index (κ3) is 3.51. The van der Waals surface area contributed by atoms with Gasteiger partial charge in [-0.2, -0.15) is 0 Å². The molecule has 132 valence electrons. The summed E-state index contributed by atoms with van der Waals surface area (Å²) < 4.78 is 7.44. The number of rotatable bonds is 2. The number of nitrogens with one attached hydrogen (secondary N) is 1. The number of aryl methyl sites for hydroxylation is 1. The van der Waals surface area contributed by atoms with Gasteiger partial charge in [0.15, 0.2) is 6.20 Å². The van der Waals surface area contributed by atoms with Crippen LogP contribution in [0, 0.1) is 11.8 Å². The standard InChI is InChI=1S/C22H16N2O3/c1-24-11-5-4-7-18(24)10-9-16-12-17-13-19-15(14-20(17)27-22(16)26)6-2-3-8-21(25)23-19/h4-5,7,9-14H,3,8H2,1H3/p+1/b10-9+. The number of carbonyl (C=O) groups excluding carboxylic acids is 1. The van der Waals surface area contributed by atoms with Crippen LogP contribution in [0.2, 0.25) is 0 Å². The average molecular weight is 357 g/mol. The average Bonchev–Trinajstić information content (AvgIpc) is 2.64. The molecule has 2 aromatic heterocycles. The zero-order chi connectivity index (χ0) is 18.8. The number of hydrogen-bond acceptors (Lipinski definition) is 3. The fourth-order valence-electron chi connectivity index (χ4n) is 2.94. The van der Waals surface area contributed by atoms with Crippen molar-refractivity contribution in [3.05, 3.63) is 69.8 Å². The van der Waals surface area contributed by atoms with Crippen LogP contribution in [0.1, 0.15) is 29.7 Å². The number of nitrogens with zero attached hydrogens (tertiary/aromatic N) is 1. The smallest absolute Gasteiger partial charge is 0.343 e. The van der Waals surface area contributed by atoms with Gasteiger partial charge < -0.3 is 9.73 Å². The monoisotopic (exact) mass is 357 g/mol. The van der Waals surface area contributed by atoms with E-state index >= 15 is 0 Å². The van der Waals surface area contributed by atoms with Gasteiger partial charge in [-0.25, -0.2) is 9.36 Å². The topological polar surface area (TPSA) is 63.2 Å². The molecule has 1 aliphatic rings. The number of aromatic nitrogens is 1. The van der Waals surface area contributed by atoms with Crippen molar-refractivity contribution >= 4 is 34.7 Å². The predicted molar refractivity (Wildman–Crippen MR) is 104 cm³/mol. The summed E-state index contributed by atoms with van der Waals surface area (Å²) >= 11 is 0. The van der Waals surface area contributed by atoms with E-state index in [1.807, 2.05) is 42.1 Å². The van der Waals surface area contributed by atoms with E-state index in [9.17, 15) is 9.59 Å². The van der Waals surface area contributed by atoms with Crippen LogP contribution in [0.15, 0.2) is 51.8 Å². The molecule has 0 spiro atoms. The second kappa shape index (κ2) is 6.93. The quantitative estimate of drug-likeness (QED) is 0.436. The summed E-state index contributed by atoms with van der Waals surface area (Å²) in [5.41, 5.74) is 2.72. The SMILES string of the molecule is C[n+]1ccccc1/C=C/c1cc2cc3c(cc2oc1=O)C#CCCC(=O)N3. The molecule has 1 amide bonds. The van der Waals surface area contributed by atoms with Crippen LogP contribution in [0.5, 0.6) is 0 Å². The van der Waals surface area contributed by atoms with Gasteiger partial charge in [0, 0.05) is 36.4 Å². The number of pyridine rings is 1. The number of benzene rings is 1. The fourth-order valence-corrected chi connectivity index (χ4v) is 2.94. The molecular formula is C22H17N2O3+. The highest BCUT2D eigenvalue weighted by Crippen LogP contribution is 2.25. The summed E-state index contributed by atoms with van der Waals surface area (Å²) in [5, 5.41) is 3.60. The number of carbonyl (C=O) groups is 1. The largest absolute Gasteiger partial charge is 0.422 e. The van der Waals surface area contributed by atoms with Gasteiger partial charge >= 0.3 is 5.63 Å². The van der Waals surface area contributed by atoms with Crippen molar-refractivity contribution in [2.45, 2.75) is 12.8 Å². The Kier molecular flexibility index (Phi) is 4.31. The Morgan fingerprint density at radius 2 is 2.07 bits per heavy atom. The molecule has 0 saturated heterocycles. The van der Waals surface area contributed by atoms with E-state index in [4.69, 9.17) is 4.42 Å². The van der Waals surface area contributed by atoms with Crippen molar-refractivity contribution < 1.29 is 13.8 Å². The number of fused-ring (bicyclic) bond motifs is 2. The van der Waals surface area contributed by atoms with Gasteiger partial charge in [0.05, 0.1) is 16.8 Å². The molecule has 1 N–H and O–H groups in total. The third-order valence-electron chi connectivity index (χ3n) is 4.40. The summed E-state index contributed by atoms with van der Waals surface area (Å²) in [7, 11) is 1.93. The Bertz CT molecular complexity index is 1210. The lowest BCUT2D eigenvalue weighted by molar-refractivity contribution is -0.673. The first-order chi connectivity index (χ1) is 13.1. The van der Waals surface area contributed by atoms with Crippen molar-refractivity contribution in [2.75, 3.05) is 5.32 Å². The molecular weight excluding hydrogens is 340 g/mol. The zero-order valence-corrected chi connectivity index (χ0v) is 14.8. The molecule has 0 atom stereocenters. The number of amides is 1. The minimum absolute atomic E-state index is 0.0707. The molecule has 3 aromatic rings. The normalized spacial score (nSPS) is 13.4. The van der Waals surface area contributed by atoms with Crippen molar-refractivity contribution in [1.82, 2.24) is 0 Å². The van der Waals surface area contributed by atoms with E-state index in [0.717, 1.165) is 11.1 Å². The molecule has 0 radical (unpaired) electrons. The van der Waals surface area contributed by atoms with Gasteiger partial charge in [-0.15, -0.1) is 0 Å². The molecule has 27 heavy (non-hydrogen) atoms. The summed E-state index contributed by atoms with van der Waals surface area (Å²) in [6, 6.07) is 11.1. The second-order valence-corrected chi connectivity index (χ2v) is 6.34. The van der Waals surface area contributed by atoms with E-state index in [1.165, 1.54) is 0 Å². The van der Waals surface area contributed by atoms with Crippen LogP contribution in [-0.2, 0) is 11.8 Å². The van der Waals surface area contributed by atoms with Gasteiger partial charge in [0.2, 0.25) is 11.6 Å². The number of hydrogen-bond donors (Lipinski definition) is 1. The van der Waals surface area contributed by atoms with E-state index < -0.39 is 5.63 Å².